The number of guanidine groups is 1. The highest BCUT2D eigenvalue weighted by Crippen LogP contribution is 2.21. The van der Waals surface area contributed by atoms with Crippen LogP contribution in [0, 0.1) is 0 Å². The van der Waals surface area contributed by atoms with Gasteiger partial charge in [-0.15, -0.1) is 35.7 Å². The first kappa shape index (κ1) is 25.0. The van der Waals surface area contributed by atoms with Crippen LogP contribution in [0.3, 0.4) is 0 Å². The molecule has 0 aliphatic carbocycles. The molecule has 1 atom stereocenters. The summed E-state index contributed by atoms with van der Waals surface area (Å²) in [6.45, 7) is 8.57. The summed E-state index contributed by atoms with van der Waals surface area (Å²) in [5.41, 5.74) is 2.61. The van der Waals surface area contributed by atoms with Crippen molar-refractivity contribution >= 4 is 41.7 Å². The number of nitrogens with one attached hydrogen (secondary N) is 2. The van der Waals surface area contributed by atoms with Crippen LogP contribution in [0.1, 0.15) is 18.1 Å². The average molecular weight is 541 g/mol. The Labute approximate surface area is 202 Å². The zero-order valence-electron chi connectivity index (χ0n) is 17.8. The largest absolute Gasteiger partial charge is 0.379 e. The Morgan fingerprint density at radius 2 is 1.70 bits per heavy atom. The standard InChI is InChI=1S/C23H32N4OS.HI/c1-19(29-22-6-4-3-5-7-22)16-25-23(24-2)26-17-20-8-10-21(11-9-20)18-27-12-14-28-15-13-27;/h3-11,19H,12-18H2,1-2H3,(H2,24,25,26);1H. The zero-order valence-corrected chi connectivity index (χ0v) is 21.0. The van der Waals surface area contributed by atoms with E-state index in [1.54, 1.807) is 0 Å². The lowest BCUT2D eigenvalue weighted by Gasteiger charge is -2.26. The minimum Gasteiger partial charge on any atom is -0.379 e. The molecular weight excluding hydrogens is 507 g/mol. The van der Waals surface area contributed by atoms with Gasteiger partial charge in [-0.05, 0) is 23.3 Å². The first-order valence-electron chi connectivity index (χ1n) is 10.3. The summed E-state index contributed by atoms with van der Waals surface area (Å²) < 4.78 is 5.42. The van der Waals surface area contributed by atoms with E-state index in [-0.39, 0.29) is 24.0 Å². The molecule has 0 spiro atoms. The lowest BCUT2D eigenvalue weighted by molar-refractivity contribution is 0.0342. The minimum absolute atomic E-state index is 0. The second kappa shape index (κ2) is 13.9. The summed E-state index contributed by atoms with van der Waals surface area (Å²) in [7, 11) is 1.82. The highest BCUT2D eigenvalue weighted by Gasteiger charge is 2.10. The summed E-state index contributed by atoms with van der Waals surface area (Å²) in [6, 6.07) is 19.3. The maximum Gasteiger partial charge on any atom is 0.191 e. The lowest BCUT2D eigenvalue weighted by atomic mass is 10.1. The van der Waals surface area contributed by atoms with Crippen molar-refractivity contribution in [2.45, 2.75) is 30.2 Å². The number of thioether (sulfide) groups is 1. The van der Waals surface area contributed by atoms with E-state index in [2.05, 4.69) is 76.0 Å². The molecule has 5 nitrogen and oxygen atoms in total. The fourth-order valence-electron chi connectivity index (χ4n) is 3.20. The number of morpholine rings is 1. The second-order valence-electron chi connectivity index (χ2n) is 7.25. The molecule has 1 aliphatic heterocycles. The Kier molecular flexibility index (Phi) is 11.6. The normalized spacial score (nSPS) is 15.9. The Morgan fingerprint density at radius 3 is 2.37 bits per heavy atom. The monoisotopic (exact) mass is 540 g/mol. The third-order valence-corrected chi connectivity index (χ3v) is 5.97. The summed E-state index contributed by atoms with van der Waals surface area (Å²) in [5.74, 6) is 0.836. The molecule has 2 N–H and O–H groups in total. The van der Waals surface area contributed by atoms with Gasteiger partial charge in [-0.3, -0.25) is 9.89 Å². The van der Waals surface area contributed by atoms with Gasteiger partial charge in [0.05, 0.1) is 13.2 Å². The van der Waals surface area contributed by atoms with Gasteiger partial charge in [0.15, 0.2) is 5.96 Å². The zero-order chi connectivity index (χ0) is 20.3. The van der Waals surface area contributed by atoms with E-state index in [4.69, 9.17) is 4.74 Å². The third-order valence-electron chi connectivity index (χ3n) is 4.85. The summed E-state index contributed by atoms with van der Waals surface area (Å²) >= 11 is 1.87. The van der Waals surface area contributed by atoms with Crippen LogP contribution in [0.4, 0.5) is 0 Å². The summed E-state index contributed by atoms with van der Waals surface area (Å²) in [5, 5.41) is 7.29. The number of ether oxygens (including phenoxy) is 1. The Hall–Kier alpha value is -1.29. The van der Waals surface area contributed by atoms with Gasteiger partial charge in [0, 0.05) is 49.9 Å². The fraction of sp³-hybridized carbons (Fsp3) is 0.435. The number of hydrogen-bond acceptors (Lipinski definition) is 4. The SMILES string of the molecule is CN=C(NCc1ccc(CN2CCOCC2)cc1)NCC(C)Sc1ccccc1.I. The van der Waals surface area contributed by atoms with Crippen LogP contribution < -0.4 is 10.6 Å². The Bertz CT molecular complexity index is 752. The molecule has 2 aromatic carbocycles. The number of rotatable bonds is 8. The van der Waals surface area contributed by atoms with Crippen LogP contribution in [-0.2, 0) is 17.8 Å². The van der Waals surface area contributed by atoms with Crippen molar-refractivity contribution in [1.29, 1.82) is 0 Å². The number of halogens is 1. The second-order valence-corrected chi connectivity index (χ2v) is 8.77. The first-order valence-corrected chi connectivity index (χ1v) is 11.1. The predicted octanol–water partition coefficient (Wildman–Crippen LogP) is 3.98. The molecule has 30 heavy (non-hydrogen) atoms. The van der Waals surface area contributed by atoms with Gasteiger partial charge in [0.1, 0.15) is 0 Å². The Morgan fingerprint density at radius 1 is 1.03 bits per heavy atom. The van der Waals surface area contributed by atoms with Gasteiger partial charge < -0.3 is 15.4 Å². The van der Waals surface area contributed by atoms with Crippen molar-refractivity contribution in [3.63, 3.8) is 0 Å². The van der Waals surface area contributed by atoms with Crippen LogP contribution >= 0.6 is 35.7 Å². The van der Waals surface area contributed by atoms with E-state index in [9.17, 15) is 0 Å². The Balaban J connectivity index is 0.00000320. The molecule has 0 aromatic heterocycles. The molecule has 7 heteroatoms. The van der Waals surface area contributed by atoms with Crippen molar-refractivity contribution in [2.75, 3.05) is 39.9 Å². The van der Waals surface area contributed by atoms with E-state index in [0.29, 0.717) is 5.25 Å². The number of nitrogens with zero attached hydrogens (tertiary/aromatic N) is 2. The van der Waals surface area contributed by atoms with Gasteiger partial charge >= 0.3 is 0 Å². The van der Waals surface area contributed by atoms with Gasteiger partial charge in [-0.1, -0.05) is 49.4 Å². The molecule has 1 unspecified atom stereocenters. The molecule has 1 saturated heterocycles. The smallest absolute Gasteiger partial charge is 0.191 e. The minimum atomic E-state index is 0. The van der Waals surface area contributed by atoms with E-state index in [1.165, 1.54) is 16.0 Å². The summed E-state index contributed by atoms with van der Waals surface area (Å²) in [6.07, 6.45) is 0. The molecule has 2 aromatic rings. The van der Waals surface area contributed by atoms with E-state index >= 15 is 0 Å². The molecular formula is C23H33IN4OS. The van der Waals surface area contributed by atoms with Crippen molar-refractivity contribution < 1.29 is 4.74 Å². The quantitative estimate of drug-likeness (QED) is 0.230. The van der Waals surface area contributed by atoms with Crippen LogP contribution in [0.2, 0.25) is 0 Å². The molecule has 0 saturated carbocycles. The van der Waals surface area contributed by atoms with Gasteiger partial charge in [0.25, 0.3) is 0 Å². The maximum atomic E-state index is 5.42. The van der Waals surface area contributed by atoms with Crippen LogP contribution in [0.15, 0.2) is 64.5 Å². The van der Waals surface area contributed by atoms with Crippen LogP contribution in [0.5, 0.6) is 0 Å². The number of aliphatic imine (C=N–C) groups is 1. The van der Waals surface area contributed by atoms with Gasteiger partial charge in [-0.2, -0.15) is 0 Å². The molecule has 1 fully saturated rings. The third kappa shape index (κ3) is 8.83. The van der Waals surface area contributed by atoms with Crippen LogP contribution in [-0.4, -0.2) is 56.0 Å². The molecule has 1 aliphatic rings. The molecule has 0 radical (unpaired) electrons. The van der Waals surface area contributed by atoms with E-state index < -0.39 is 0 Å². The van der Waals surface area contributed by atoms with Crippen molar-refractivity contribution in [3.8, 4) is 0 Å². The van der Waals surface area contributed by atoms with E-state index in [0.717, 1.165) is 51.9 Å². The maximum absolute atomic E-state index is 5.42. The topological polar surface area (TPSA) is 48.9 Å². The molecule has 1 heterocycles. The van der Waals surface area contributed by atoms with Gasteiger partial charge in [-0.25, -0.2) is 0 Å². The number of hydrogen-bond donors (Lipinski definition) is 2. The summed E-state index contributed by atoms with van der Waals surface area (Å²) in [4.78, 5) is 8.08. The first-order chi connectivity index (χ1) is 14.2. The predicted molar refractivity (Wildman–Crippen MR) is 138 cm³/mol. The average Bonchev–Trinajstić information content (AvgIpc) is 2.76. The number of benzene rings is 2. The van der Waals surface area contributed by atoms with Crippen molar-refractivity contribution in [3.05, 3.63) is 65.7 Å². The van der Waals surface area contributed by atoms with E-state index in [1.807, 2.05) is 24.9 Å². The fourth-order valence-corrected chi connectivity index (χ4v) is 4.15. The molecule has 0 amide bonds. The highest BCUT2D eigenvalue weighted by molar-refractivity contribution is 14.0. The molecule has 0 bridgehead atoms. The van der Waals surface area contributed by atoms with Crippen molar-refractivity contribution in [1.82, 2.24) is 15.5 Å². The molecule has 3 rings (SSSR count). The highest BCUT2D eigenvalue weighted by atomic mass is 127. The van der Waals surface area contributed by atoms with Crippen molar-refractivity contribution in [2.24, 2.45) is 4.99 Å². The lowest BCUT2D eigenvalue weighted by Crippen LogP contribution is -2.39. The van der Waals surface area contributed by atoms with Gasteiger partial charge in [0.2, 0.25) is 0 Å². The van der Waals surface area contributed by atoms with Crippen LogP contribution in [0.25, 0.3) is 0 Å². The molecule has 164 valence electrons.